The summed E-state index contributed by atoms with van der Waals surface area (Å²) >= 11 is 0. The summed E-state index contributed by atoms with van der Waals surface area (Å²) in [6.45, 7) is 3.55. The molecule has 80 valence electrons. The lowest BCUT2D eigenvalue weighted by Gasteiger charge is -2.43. The maximum Gasteiger partial charge on any atom is 0.0728 e. The largest absolute Gasteiger partial charge is 0.389 e. The number of nitrogens with zero attached hydrogens (tertiary/aromatic N) is 1. The first-order valence-electron chi connectivity index (χ1n) is 6.24. The van der Waals surface area contributed by atoms with Gasteiger partial charge in [-0.25, -0.2) is 0 Å². The molecule has 2 saturated heterocycles. The van der Waals surface area contributed by atoms with Crippen LogP contribution in [0.25, 0.3) is 0 Å². The summed E-state index contributed by atoms with van der Waals surface area (Å²) in [5.41, 5.74) is -0.274. The lowest BCUT2D eigenvalue weighted by atomic mass is 9.72. The van der Waals surface area contributed by atoms with E-state index in [1.54, 1.807) is 0 Å². The van der Waals surface area contributed by atoms with Crippen LogP contribution in [-0.4, -0.2) is 35.2 Å². The normalized spacial score (nSPS) is 48.6. The van der Waals surface area contributed by atoms with Gasteiger partial charge in [-0.1, -0.05) is 12.8 Å². The van der Waals surface area contributed by atoms with Crippen molar-refractivity contribution in [3.63, 3.8) is 0 Å². The molecule has 0 spiro atoms. The molecule has 3 rings (SSSR count). The summed E-state index contributed by atoms with van der Waals surface area (Å²) in [7, 11) is 0. The molecule has 2 heteroatoms. The second-order valence-electron chi connectivity index (χ2n) is 5.51. The average molecular weight is 195 g/mol. The molecular formula is C12H21NO. The molecule has 0 amide bonds. The predicted octanol–water partition coefficient (Wildman–Crippen LogP) is 1.63. The number of hydrogen-bond donors (Lipinski definition) is 1. The fourth-order valence-electron chi connectivity index (χ4n) is 3.95. The third kappa shape index (κ3) is 1.24. The van der Waals surface area contributed by atoms with Gasteiger partial charge in [0.05, 0.1) is 5.60 Å². The number of rotatable bonds is 1. The van der Waals surface area contributed by atoms with E-state index in [4.69, 9.17) is 0 Å². The molecule has 14 heavy (non-hydrogen) atoms. The SMILES string of the molecule is OC1(C2CCCC2)CCN2CCC1C2. The van der Waals surface area contributed by atoms with E-state index in [-0.39, 0.29) is 5.60 Å². The van der Waals surface area contributed by atoms with E-state index in [1.165, 1.54) is 45.2 Å². The Hall–Kier alpha value is -0.0800. The molecule has 3 fully saturated rings. The van der Waals surface area contributed by atoms with Gasteiger partial charge in [-0.05, 0) is 38.1 Å². The van der Waals surface area contributed by atoms with Gasteiger partial charge in [-0.3, -0.25) is 0 Å². The Labute approximate surface area is 86.3 Å². The Morgan fingerprint density at radius 3 is 2.57 bits per heavy atom. The van der Waals surface area contributed by atoms with Crippen molar-refractivity contribution in [2.45, 2.75) is 44.1 Å². The standard InChI is InChI=1S/C12H21NO/c14-12(10-3-1-2-4-10)6-8-13-7-5-11(12)9-13/h10-11,14H,1-9H2. The van der Waals surface area contributed by atoms with Crippen LogP contribution in [0.15, 0.2) is 0 Å². The zero-order valence-electron chi connectivity index (χ0n) is 8.91. The molecule has 0 aromatic rings. The fraction of sp³-hybridized carbons (Fsp3) is 1.00. The van der Waals surface area contributed by atoms with Crippen molar-refractivity contribution in [2.75, 3.05) is 19.6 Å². The van der Waals surface area contributed by atoms with Crippen LogP contribution >= 0.6 is 0 Å². The molecule has 1 saturated carbocycles. The Balaban J connectivity index is 1.80. The van der Waals surface area contributed by atoms with E-state index in [0.29, 0.717) is 11.8 Å². The van der Waals surface area contributed by atoms with Gasteiger partial charge in [0.2, 0.25) is 0 Å². The van der Waals surface area contributed by atoms with Gasteiger partial charge in [-0.2, -0.15) is 0 Å². The number of aliphatic hydroxyl groups is 1. The van der Waals surface area contributed by atoms with Gasteiger partial charge in [0.15, 0.2) is 0 Å². The van der Waals surface area contributed by atoms with Crippen LogP contribution in [0.3, 0.4) is 0 Å². The molecule has 3 unspecified atom stereocenters. The molecule has 2 bridgehead atoms. The number of hydrogen-bond acceptors (Lipinski definition) is 2. The predicted molar refractivity (Wildman–Crippen MR) is 56.1 cm³/mol. The first-order valence-corrected chi connectivity index (χ1v) is 6.24. The van der Waals surface area contributed by atoms with Crippen LogP contribution in [-0.2, 0) is 0 Å². The highest BCUT2D eigenvalue weighted by Crippen LogP contribution is 2.46. The zero-order valence-corrected chi connectivity index (χ0v) is 8.91. The minimum atomic E-state index is -0.274. The summed E-state index contributed by atoms with van der Waals surface area (Å²) in [5, 5.41) is 10.8. The second kappa shape index (κ2) is 3.21. The van der Waals surface area contributed by atoms with Gasteiger partial charge in [0.1, 0.15) is 0 Å². The quantitative estimate of drug-likeness (QED) is 0.687. The summed E-state index contributed by atoms with van der Waals surface area (Å²) < 4.78 is 0. The van der Waals surface area contributed by atoms with E-state index in [1.807, 2.05) is 0 Å². The van der Waals surface area contributed by atoms with Crippen LogP contribution in [0.1, 0.15) is 38.5 Å². The van der Waals surface area contributed by atoms with Gasteiger partial charge in [0, 0.05) is 19.0 Å². The number of piperidine rings is 1. The third-order valence-corrected chi connectivity index (χ3v) is 4.87. The third-order valence-electron chi connectivity index (χ3n) is 4.87. The molecule has 0 aromatic heterocycles. The monoisotopic (exact) mass is 195 g/mol. The second-order valence-corrected chi connectivity index (χ2v) is 5.51. The Morgan fingerprint density at radius 2 is 1.79 bits per heavy atom. The van der Waals surface area contributed by atoms with Crippen molar-refractivity contribution in [3.05, 3.63) is 0 Å². The van der Waals surface area contributed by atoms with Crippen molar-refractivity contribution < 1.29 is 5.11 Å². The van der Waals surface area contributed by atoms with Crippen LogP contribution in [0.2, 0.25) is 0 Å². The molecule has 2 nitrogen and oxygen atoms in total. The summed E-state index contributed by atoms with van der Waals surface area (Å²) in [6, 6.07) is 0. The Bertz CT molecular complexity index is 220. The smallest absolute Gasteiger partial charge is 0.0728 e. The molecule has 1 aliphatic carbocycles. The topological polar surface area (TPSA) is 23.5 Å². The van der Waals surface area contributed by atoms with Gasteiger partial charge in [-0.15, -0.1) is 0 Å². The average Bonchev–Trinajstić information content (AvgIpc) is 2.84. The Morgan fingerprint density at radius 1 is 1.00 bits per heavy atom. The summed E-state index contributed by atoms with van der Waals surface area (Å²) in [5.74, 6) is 1.23. The highest BCUT2D eigenvalue weighted by atomic mass is 16.3. The molecule has 0 aromatic carbocycles. The fourth-order valence-corrected chi connectivity index (χ4v) is 3.95. The highest BCUT2D eigenvalue weighted by molar-refractivity contribution is 5.02. The summed E-state index contributed by atoms with van der Waals surface area (Å²) in [4.78, 5) is 2.52. The van der Waals surface area contributed by atoms with Crippen LogP contribution in [0.5, 0.6) is 0 Å². The van der Waals surface area contributed by atoms with Gasteiger partial charge < -0.3 is 10.0 Å². The van der Waals surface area contributed by atoms with E-state index < -0.39 is 0 Å². The molecule has 0 radical (unpaired) electrons. The van der Waals surface area contributed by atoms with E-state index in [9.17, 15) is 5.11 Å². The lowest BCUT2D eigenvalue weighted by Crippen LogP contribution is -2.50. The van der Waals surface area contributed by atoms with Crippen LogP contribution in [0, 0.1) is 11.8 Å². The van der Waals surface area contributed by atoms with Crippen LogP contribution < -0.4 is 0 Å². The first kappa shape index (κ1) is 9.17. The maximum absolute atomic E-state index is 10.8. The van der Waals surface area contributed by atoms with E-state index >= 15 is 0 Å². The van der Waals surface area contributed by atoms with Crippen molar-refractivity contribution in [3.8, 4) is 0 Å². The zero-order chi connectivity index (χ0) is 9.60. The van der Waals surface area contributed by atoms with Crippen molar-refractivity contribution in [1.82, 2.24) is 4.90 Å². The van der Waals surface area contributed by atoms with Gasteiger partial charge >= 0.3 is 0 Å². The minimum Gasteiger partial charge on any atom is -0.389 e. The van der Waals surface area contributed by atoms with Crippen molar-refractivity contribution in [2.24, 2.45) is 11.8 Å². The number of fused-ring (bicyclic) bond motifs is 2. The van der Waals surface area contributed by atoms with E-state index in [0.717, 1.165) is 13.0 Å². The molecule has 2 aliphatic heterocycles. The first-order chi connectivity index (χ1) is 6.79. The lowest BCUT2D eigenvalue weighted by molar-refractivity contribution is -0.0888. The highest BCUT2D eigenvalue weighted by Gasteiger charge is 2.49. The van der Waals surface area contributed by atoms with Crippen molar-refractivity contribution in [1.29, 1.82) is 0 Å². The Kier molecular flexibility index (Phi) is 2.10. The summed E-state index contributed by atoms with van der Waals surface area (Å²) in [6.07, 6.45) is 7.56. The maximum atomic E-state index is 10.8. The van der Waals surface area contributed by atoms with Crippen molar-refractivity contribution >= 4 is 0 Å². The minimum absolute atomic E-state index is 0.274. The molecular weight excluding hydrogens is 174 g/mol. The molecule has 3 atom stereocenters. The molecule has 3 aliphatic rings. The molecule has 2 heterocycles. The molecule has 1 N–H and O–H groups in total. The van der Waals surface area contributed by atoms with E-state index in [2.05, 4.69) is 4.90 Å². The van der Waals surface area contributed by atoms with Crippen LogP contribution in [0.4, 0.5) is 0 Å². The van der Waals surface area contributed by atoms with Gasteiger partial charge in [0.25, 0.3) is 0 Å².